The Kier molecular flexibility index (Phi) is 7.00. The summed E-state index contributed by atoms with van der Waals surface area (Å²) < 4.78 is 29.6. The third kappa shape index (κ3) is 4.60. The van der Waals surface area contributed by atoms with E-state index in [0.717, 1.165) is 0 Å². The molecule has 3 aliphatic rings. The Balaban J connectivity index is 1.68. The second-order valence-corrected chi connectivity index (χ2v) is 11.9. The summed E-state index contributed by atoms with van der Waals surface area (Å²) in [5, 5.41) is 12.0. The number of esters is 3. The molecule has 0 aromatic carbocycles. The van der Waals surface area contributed by atoms with E-state index in [9.17, 15) is 24.3 Å². The first-order valence-corrected chi connectivity index (χ1v) is 13.7. The number of fused-ring (bicyclic) bond motifs is 4. The summed E-state index contributed by atoms with van der Waals surface area (Å²) in [5.41, 5.74) is -3.68. The Hall–Kier alpha value is -3.73. The Morgan fingerprint density at radius 3 is 2.34 bits per heavy atom. The zero-order valence-electron chi connectivity index (χ0n) is 24.0. The smallest absolute Gasteiger partial charge is 0.345 e. The van der Waals surface area contributed by atoms with Crippen molar-refractivity contribution in [2.45, 2.75) is 90.3 Å². The molecule has 0 spiro atoms. The van der Waals surface area contributed by atoms with Crippen molar-refractivity contribution in [2.24, 2.45) is 17.3 Å². The standard InChI is InChI=1S/C30H35NO10/c1-15(32)37-22-9-10-28(4)21(29(22,5)40-17(3)34)13-23(38-16(2)33)30(6)26(28)25(35)24-20(41-30)12-19(39-27(24)36)18-8-7-11-31-14-18/h7-8,11-12,14,21-23,25-26,35H,9-10,13H2,1-6H3. The van der Waals surface area contributed by atoms with Crippen LogP contribution in [0, 0.1) is 17.3 Å². The molecule has 2 saturated carbocycles. The van der Waals surface area contributed by atoms with Crippen LogP contribution in [-0.2, 0) is 28.6 Å². The molecule has 8 unspecified atom stereocenters. The van der Waals surface area contributed by atoms with Gasteiger partial charge in [0.15, 0.2) is 0 Å². The Bertz CT molecular complexity index is 1440. The molecule has 2 aromatic heterocycles. The first-order valence-electron chi connectivity index (χ1n) is 13.7. The quantitative estimate of drug-likeness (QED) is 0.425. The molecular weight excluding hydrogens is 534 g/mol. The molecule has 1 aliphatic heterocycles. The highest BCUT2D eigenvalue weighted by molar-refractivity contribution is 5.68. The highest BCUT2D eigenvalue weighted by atomic mass is 16.6. The van der Waals surface area contributed by atoms with Gasteiger partial charge in [0, 0.05) is 56.6 Å². The van der Waals surface area contributed by atoms with Crippen molar-refractivity contribution in [1.82, 2.24) is 4.98 Å². The lowest BCUT2D eigenvalue weighted by atomic mass is 9.45. The monoisotopic (exact) mass is 569 g/mol. The van der Waals surface area contributed by atoms with E-state index >= 15 is 0 Å². The van der Waals surface area contributed by atoms with Crippen molar-refractivity contribution < 1.29 is 42.9 Å². The summed E-state index contributed by atoms with van der Waals surface area (Å²) in [6, 6.07) is 4.97. The van der Waals surface area contributed by atoms with Crippen molar-refractivity contribution in [2.75, 3.05) is 0 Å². The normalized spacial score (nSPS) is 35.5. The van der Waals surface area contributed by atoms with Crippen molar-refractivity contribution >= 4 is 17.9 Å². The number of carbonyl (C=O) groups excluding carboxylic acids is 3. The van der Waals surface area contributed by atoms with Gasteiger partial charge in [0.2, 0.25) is 0 Å². The summed E-state index contributed by atoms with van der Waals surface area (Å²) in [7, 11) is 0. The third-order valence-electron chi connectivity index (χ3n) is 9.31. The lowest BCUT2D eigenvalue weighted by Crippen LogP contribution is -2.73. The van der Waals surface area contributed by atoms with Crippen LogP contribution < -0.4 is 10.4 Å². The fourth-order valence-corrected chi connectivity index (χ4v) is 7.84. The van der Waals surface area contributed by atoms with Crippen LogP contribution in [0.3, 0.4) is 0 Å². The van der Waals surface area contributed by atoms with Crippen LogP contribution in [0.1, 0.15) is 72.5 Å². The Labute approximate surface area is 237 Å². The van der Waals surface area contributed by atoms with Gasteiger partial charge in [-0.05, 0) is 50.7 Å². The maximum absolute atomic E-state index is 13.4. The molecule has 5 rings (SSSR count). The molecule has 0 radical (unpaired) electrons. The van der Waals surface area contributed by atoms with Gasteiger partial charge in [0.25, 0.3) is 0 Å². The Morgan fingerprint density at radius 2 is 1.73 bits per heavy atom. The average Bonchev–Trinajstić information content (AvgIpc) is 2.86. The molecule has 41 heavy (non-hydrogen) atoms. The summed E-state index contributed by atoms with van der Waals surface area (Å²) in [6.45, 7) is 9.26. The lowest BCUT2D eigenvalue weighted by Gasteiger charge is -2.65. The van der Waals surface area contributed by atoms with Crippen LogP contribution in [0.25, 0.3) is 11.3 Å². The van der Waals surface area contributed by atoms with E-state index in [2.05, 4.69) is 4.98 Å². The molecule has 220 valence electrons. The highest BCUT2D eigenvalue weighted by Crippen LogP contribution is 2.66. The molecule has 0 saturated heterocycles. The zero-order valence-corrected chi connectivity index (χ0v) is 24.0. The number of carbonyl (C=O) groups is 3. The third-order valence-corrected chi connectivity index (χ3v) is 9.31. The first-order chi connectivity index (χ1) is 19.2. The maximum Gasteiger partial charge on any atom is 0.345 e. The largest absolute Gasteiger partial charge is 0.482 e. The number of ether oxygens (including phenoxy) is 4. The Morgan fingerprint density at radius 1 is 1.05 bits per heavy atom. The van der Waals surface area contributed by atoms with Gasteiger partial charge in [-0.3, -0.25) is 19.4 Å². The van der Waals surface area contributed by atoms with E-state index < -0.39 is 70.3 Å². The van der Waals surface area contributed by atoms with Crippen molar-refractivity contribution in [3.05, 3.63) is 46.6 Å². The van der Waals surface area contributed by atoms with Crippen LogP contribution in [0.2, 0.25) is 0 Å². The van der Waals surface area contributed by atoms with Gasteiger partial charge in [-0.15, -0.1) is 0 Å². The molecule has 2 aromatic rings. The fourth-order valence-electron chi connectivity index (χ4n) is 7.84. The van der Waals surface area contributed by atoms with E-state index in [0.29, 0.717) is 18.4 Å². The lowest BCUT2D eigenvalue weighted by molar-refractivity contribution is -0.283. The van der Waals surface area contributed by atoms with Crippen LogP contribution >= 0.6 is 0 Å². The topological polar surface area (TPSA) is 151 Å². The van der Waals surface area contributed by atoms with Crippen LogP contribution in [0.4, 0.5) is 0 Å². The molecule has 8 atom stereocenters. The van der Waals surface area contributed by atoms with E-state index in [1.807, 2.05) is 6.92 Å². The molecular formula is C30H35NO10. The minimum Gasteiger partial charge on any atom is -0.482 e. The summed E-state index contributed by atoms with van der Waals surface area (Å²) in [5.74, 6) is -2.67. The molecule has 2 fully saturated rings. The number of pyridine rings is 1. The summed E-state index contributed by atoms with van der Waals surface area (Å²) in [4.78, 5) is 54.2. The second kappa shape index (κ2) is 9.97. The summed E-state index contributed by atoms with van der Waals surface area (Å²) >= 11 is 0. The first kappa shape index (κ1) is 28.8. The minimum absolute atomic E-state index is 0.0418. The zero-order chi connectivity index (χ0) is 29.9. The maximum atomic E-state index is 13.4. The fraction of sp³-hybridized carbons (Fsp3) is 0.567. The molecule has 11 heteroatoms. The van der Waals surface area contributed by atoms with E-state index in [4.69, 9.17) is 23.4 Å². The van der Waals surface area contributed by atoms with Crippen molar-refractivity contribution in [3.63, 3.8) is 0 Å². The SMILES string of the molecule is CC(=O)OC1CCC2(C)C(CC(OC(C)=O)C3(C)Oc4cc(-c5cccnc5)oc(=O)c4C(O)C23)C1(C)OC(C)=O. The molecule has 2 aliphatic carbocycles. The van der Waals surface area contributed by atoms with Gasteiger partial charge < -0.3 is 28.5 Å². The predicted octanol–water partition coefficient (Wildman–Crippen LogP) is 3.51. The van der Waals surface area contributed by atoms with Crippen LogP contribution in [-0.4, -0.2) is 51.4 Å². The van der Waals surface area contributed by atoms with Gasteiger partial charge in [0.1, 0.15) is 40.5 Å². The average molecular weight is 570 g/mol. The molecule has 0 bridgehead atoms. The molecule has 0 amide bonds. The molecule has 1 N–H and O–H groups in total. The number of nitrogens with zero attached hydrogens (tertiary/aromatic N) is 1. The van der Waals surface area contributed by atoms with Crippen LogP contribution in [0.15, 0.2) is 39.8 Å². The van der Waals surface area contributed by atoms with Gasteiger partial charge in [-0.25, -0.2) is 4.79 Å². The van der Waals surface area contributed by atoms with Gasteiger partial charge >= 0.3 is 23.5 Å². The van der Waals surface area contributed by atoms with Gasteiger partial charge in [0.05, 0.1) is 6.10 Å². The molecule has 11 nitrogen and oxygen atoms in total. The number of aliphatic hydroxyl groups is 1. The van der Waals surface area contributed by atoms with Gasteiger partial charge in [-0.1, -0.05) is 6.92 Å². The predicted molar refractivity (Wildman–Crippen MR) is 142 cm³/mol. The molecule has 3 heterocycles. The second-order valence-electron chi connectivity index (χ2n) is 11.9. The number of aromatic nitrogens is 1. The highest BCUT2D eigenvalue weighted by Gasteiger charge is 2.71. The van der Waals surface area contributed by atoms with Crippen molar-refractivity contribution in [1.29, 1.82) is 0 Å². The number of aliphatic hydroxyl groups excluding tert-OH is 1. The van der Waals surface area contributed by atoms with E-state index in [-0.39, 0.29) is 23.5 Å². The number of hydrogen-bond acceptors (Lipinski definition) is 11. The van der Waals surface area contributed by atoms with Crippen molar-refractivity contribution in [3.8, 4) is 17.1 Å². The summed E-state index contributed by atoms with van der Waals surface area (Å²) in [6.07, 6.45) is 1.03. The van der Waals surface area contributed by atoms with E-state index in [1.54, 1.807) is 38.4 Å². The number of rotatable bonds is 4. The minimum atomic E-state index is -1.37. The van der Waals surface area contributed by atoms with Gasteiger partial charge in [-0.2, -0.15) is 0 Å². The van der Waals surface area contributed by atoms with E-state index in [1.165, 1.54) is 26.8 Å². The number of hydrogen-bond donors (Lipinski definition) is 1. The van der Waals surface area contributed by atoms with Crippen LogP contribution in [0.5, 0.6) is 5.75 Å².